The summed E-state index contributed by atoms with van der Waals surface area (Å²) in [6, 6.07) is 18.6. The number of imidazole rings is 1. The lowest BCUT2D eigenvalue weighted by atomic mass is 10.1. The van der Waals surface area contributed by atoms with Crippen LogP contribution in [0.5, 0.6) is 0 Å². The number of nitrogens with one attached hydrogen (secondary N) is 1. The number of anilines is 1. The SMILES string of the molecule is Cc1ccc(S(=O)(=O)CCCNc2nccc(-c3c(-c4ccccc4)nc4occn34)n2)cc1. The average Bonchev–Trinajstić information content (AvgIpc) is 3.44. The van der Waals surface area contributed by atoms with Crippen LogP contribution in [-0.2, 0) is 9.84 Å². The molecule has 0 aliphatic carbocycles. The van der Waals surface area contributed by atoms with Gasteiger partial charge in [-0.15, -0.1) is 0 Å². The van der Waals surface area contributed by atoms with Gasteiger partial charge in [0.15, 0.2) is 9.84 Å². The third kappa shape index (κ3) is 4.42. The summed E-state index contributed by atoms with van der Waals surface area (Å²) < 4.78 is 32.5. The van der Waals surface area contributed by atoms with Crippen LogP contribution in [0.1, 0.15) is 12.0 Å². The maximum atomic E-state index is 12.6. The third-order valence-electron chi connectivity index (χ3n) is 5.46. The highest BCUT2D eigenvalue weighted by Crippen LogP contribution is 2.32. The fourth-order valence-electron chi connectivity index (χ4n) is 3.73. The van der Waals surface area contributed by atoms with Gasteiger partial charge in [-0.05, 0) is 31.5 Å². The summed E-state index contributed by atoms with van der Waals surface area (Å²) in [6.07, 6.45) is 5.48. The first-order valence-electron chi connectivity index (χ1n) is 10.9. The molecule has 0 radical (unpaired) electrons. The number of hydrogen-bond donors (Lipinski definition) is 1. The first-order chi connectivity index (χ1) is 16.5. The predicted octanol–water partition coefficient (Wildman–Crippen LogP) is 4.64. The second kappa shape index (κ2) is 9.11. The Kier molecular flexibility index (Phi) is 5.85. The molecule has 5 aromatic rings. The van der Waals surface area contributed by atoms with Gasteiger partial charge < -0.3 is 9.73 Å². The van der Waals surface area contributed by atoms with E-state index in [4.69, 9.17) is 4.42 Å². The summed E-state index contributed by atoms with van der Waals surface area (Å²) >= 11 is 0. The Morgan fingerprint density at radius 1 is 1.00 bits per heavy atom. The van der Waals surface area contributed by atoms with Gasteiger partial charge >= 0.3 is 5.84 Å². The van der Waals surface area contributed by atoms with E-state index in [9.17, 15) is 8.42 Å². The summed E-state index contributed by atoms with van der Waals surface area (Å²) in [5.74, 6) is 0.935. The Labute approximate surface area is 197 Å². The maximum absolute atomic E-state index is 12.6. The summed E-state index contributed by atoms with van der Waals surface area (Å²) in [4.78, 5) is 13.9. The Morgan fingerprint density at radius 3 is 2.59 bits per heavy atom. The lowest BCUT2D eigenvalue weighted by molar-refractivity contribution is 0.593. The van der Waals surface area contributed by atoms with Crippen molar-refractivity contribution in [2.24, 2.45) is 0 Å². The Bertz CT molecular complexity index is 1520. The van der Waals surface area contributed by atoms with E-state index >= 15 is 0 Å². The molecule has 34 heavy (non-hydrogen) atoms. The minimum absolute atomic E-state index is 0.0408. The number of rotatable bonds is 8. The molecule has 172 valence electrons. The molecule has 0 spiro atoms. The van der Waals surface area contributed by atoms with Gasteiger partial charge in [0.05, 0.1) is 16.3 Å². The fraction of sp³-hybridized carbons (Fsp3) is 0.160. The number of oxazole rings is 1. The molecule has 0 aliphatic rings. The van der Waals surface area contributed by atoms with Gasteiger partial charge in [0.2, 0.25) is 5.95 Å². The molecule has 2 aromatic carbocycles. The highest BCUT2D eigenvalue weighted by molar-refractivity contribution is 7.91. The van der Waals surface area contributed by atoms with Crippen molar-refractivity contribution in [3.8, 4) is 22.6 Å². The first-order valence-corrected chi connectivity index (χ1v) is 12.5. The van der Waals surface area contributed by atoms with Crippen molar-refractivity contribution in [1.29, 1.82) is 0 Å². The van der Waals surface area contributed by atoms with Crippen LogP contribution in [0.3, 0.4) is 0 Å². The quantitative estimate of drug-likeness (QED) is 0.328. The van der Waals surface area contributed by atoms with Crippen LogP contribution in [0, 0.1) is 6.92 Å². The molecule has 9 heteroatoms. The molecule has 0 saturated heterocycles. The number of benzene rings is 2. The molecule has 0 amide bonds. The number of nitrogens with zero attached hydrogens (tertiary/aromatic N) is 4. The van der Waals surface area contributed by atoms with Gasteiger partial charge in [-0.3, -0.25) is 4.40 Å². The van der Waals surface area contributed by atoms with E-state index in [0.29, 0.717) is 35.3 Å². The zero-order valence-corrected chi connectivity index (χ0v) is 19.4. The molecule has 8 nitrogen and oxygen atoms in total. The predicted molar refractivity (Wildman–Crippen MR) is 130 cm³/mol. The minimum atomic E-state index is -3.33. The van der Waals surface area contributed by atoms with Crippen molar-refractivity contribution in [1.82, 2.24) is 19.4 Å². The zero-order valence-electron chi connectivity index (χ0n) is 18.5. The van der Waals surface area contributed by atoms with Crippen molar-refractivity contribution in [3.05, 3.63) is 84.9 Å². The molecule has 3 aromatic heterocycles. The fourth-order valence-corrected chi connectivity index (χ4v) is 5.04. The van der Waals surface area contributed by atoms with Crippen molar-refractivity contribution in [3.63, 3.8) is 0 Å². The standard InChI is InChI=1S/C25H23N5O3S/c1-18-8-10-20(11-9-18)34(31,32)17-5-13-26-24-27-14-12-21(28-24)23-22(19-6-3-2-4-7-19)29-25-30(23)15-16-33-25/h2-4,6-12,14-16H,5,13,17H2,1H3,(H,26,27,28). The third-order valence-corrected chi connectivity index (χ3v) is 7.28. The van der Waals surface area contributed by atoms with Crippen LogP contribution in [-0.4, -0.2) is 40.1 Å². The second-order valence-electron chi connectivity index (χ2n) is 7.91. The molecule has 0 aliphatic heterocycles. The van der Waals surface area contributed by atoms with E-state index in [1.54, 1.807) is 30.8 Å². The molecule has 0 unspecified atom stereocenters. The summed E-state index contributed by atoms with van der Waals surface area (Å²) in [7, 11) is -3.33. The van der Waals surface area contributed by atoms with Crippen molar-refractivity contribution in [2.45, 2.75) is 18.2 Å². The van der Waals surface area contributed by atoms with E-state index in [1.165, 1.54) is 0 Å². The van der Waals surface area contributed by atoms with E-state index in [1.807, 2.05) is 59.9 Å². The van der Waals surface area contributed by atoms with Crippen LogP contribution in [0.4, 0.5) is 5.95 Å². The average molecular weight is 474 g/mol. The Hall–Kier alpha value is -3.98. The second-order valence-corrected chi connectivity index (χ2v) is 10.0. The lowest BCUT2D eigenvalue weighted by Crippen LogP contribution is -2.13. The van der Waals surface area contributed by atoms with Crippen LogP contribution in [0.15, 0.2) is 88.6 Å². The number of aromatic nitrogens is 4. The van der Waals surface area contributed by atoms with Gasteiger partial charge in [-0.1, -0.05) is 48.0 Å². The maximum Gasteiger partial charge on any atom is 0.306 e. The van der Waals surface area contributed by atoms with Gasteiger partial charge in [-0.25, -0.2) is 18.4 Å². The van der Waals surface area contributed by atoms with Crippen molar-refractivity contribution in [2.75, 3.05) is 17.6 Å². The lowest BCUT2D eigenvalue weighted by Gasteiger charge is -2.08. The van der Waals surface area contributed by atoms with Crippen molar-refractivity contribution >= 4 is 21.6 Å². The minimum Gasteiger partial charge on any atom is -0.432 e. The summed E-state index contributed by atoms with van der Waals surface area (Å²) in [5.41, 5.74) is 4.21. The zero-order chi connectivity index (χ0) is 23.5. The normalized spacial score (nSPS) is 11.7. The van der Waals surface area contributed by atoms with Crippen LogP contribution in [0.25, 0.3) is 28.5 Å². The molecular weight excluding hydrogens is 450 g/mol. The number of aryl methyl sites for hydroxylation is 1. The van der Waals surface area contributed by atoms with E-state index in [0.717, 1.165) is 22.5 Å². The summed E-state index contributed by atoms with van der Waals surface area (Å²) in [5, 5.41) is 3.14. The molecule has 3 heterocycles. The topological polar surface area (TPSA) is 102 Å². The van der Waals surface area contributed by atoms with Crippen LogP contribution in [0.2, 0.25) is 0 Å². The van der Waals surface area contributed by atoms with E-state index < -0.39 is 9.84 Å². The van der Waals surface area contributed by atoms with E-state index in [-0.39, 0.29) is 5.75 Å². The van der Waals surface area contributed by atoms with Crippen LogP contribution < -0.4 is 5.32 Å². The van der Waals surface area contributed by atoms with Gasteiger partial charge in [0.25, 0.3) is 0 Å². The molecule has 0 atom stereocenters. The first kappa shape index (κ1) is 21.8. The van der Waals surface area contributed by atoms with E-state index in [2.05, 4.69) is 20.3 Å². The highest BCUT2D eigenvalue weighted by Gasteiger charge is 2.19. The molecular formula is C25H23N5O3S. The molecule has 0 saturated carbocycles. The summed E-state index contributed by atoms with van der Waals surface area (Å²) in [6.45, 7) is 2.35. The molecule has 0 fully saturated rings. The van der Waals surface area contributed by atoms with Crippen molar-refractivity contribution < 1.29 is 12.8 Å². The smallest absolute Gasteiger partial charge is 0.306 e. The van der Waals surface area contributed by atoms with Crippen LogP contribution >= 0.6 is 0 Å². The van der Waals surface area contributed by atoms with Gasteiger partial charge in [0.1, 0.15) is 17.7 Å². The highest BCUT2D eigenvalue weighted by atomic mass is 32.2. The Balaban J connectivity index is 1.33. The largest absolute Gasteiger partial charge is 0.432 e. The molecule has 5 rings (SSSR count). The number of sulfone groups is 1. The Morgan fingerprint density at radius 2 is 1.79 bits per heavy atom. The number of fused-ring (bicyclic) bond motifs is 1. The monoisotopic (exact) mass is 473 g/mol. The number of hydrogen-bond acceptors (Lipinski definition) is 7. The van der Waals surface area contributed by atoms with Gasteiger partial charge in [0, 0.05) is 24.5 Å². The molecule has 0 bridgehead atoms. The molecule has 1 N–H and O–H groups in total. The van der Waals surface area contributed by atoms with Gasteiger partial charge in [-0.2, -0.15) is 4.98 Å².